The summed E-state index contributed by atoms with van der Waals surface area (Å²) >= 11 is 0. The zero-order chi connectivity index (χ0) is 35.1. The van der Waals surface area contributed by atoms with Crippen molar-refractivity contribution in [2.45, 2.75) is 159 Å². The van der Waals surface area contributed by atoms with E-state index in [0.29, 0.717) is 53.3 Å². The predicted molar refractivity (Wildman–Crippen MR) is 211 cm³/mol. The van der Waals surface area contributed by atoms with Gasteiger partial charge in [0.05, 0.1) is 0 Å². The lowest BCUT2D eigenvalue weighted by atomic mass is 9.75. The lowest BCUT2D eigenvalue weighted by molar-refractivity contribution is 0.386. The van der Waals surface area contributed by atoms with Crippen molar-refractivity contribution in [3.8, 4) is 0 Å². The summed E-state index contributed by atoms with van der Waals surface area (Å²) in [5.74, 6) is 4.84. The minimum Gasteiger partial charge on any atom is -0.0740 e. The van der Waals surface area contributed by atoms with Crippen molar-refractivity contribution in [1.82, 2.24) is 0 Å². The number of hydrogen-bond acceptors (Lipinski definition) is 0. The van der Waals surface area contributed by atoms with Crippen LogP contribution in [0.15, 0.2) is 69.9 Å². The van der Waals surface area contributed by atoms with Gasteiger partial charge in [-0.05, 0) is 89.2 Å². The first-order valence-corrected chi connectivity index (χ1v) is 20.6. The summed E-state index contributed by atoms with van der Waals surface area (Å²) in [5.41, 5.74) is 9.79. The van der Waals surface area contributed by atoms with E-state index in [0.717, 1.165) is 0 Å². The van der Waals surface area contributed by atoms with E-state index >= 15 is 0 Å². The molecule has 0 nitrogen and oxygen atoms in total. The standard InChI is InChI=1S/C45H75P/c1-28(2)37-19-38(29(3)4)23-43(22-37,34(13)14)46(44(35(15)16)24-39(30(5)6)20-40(25-44)31(7)8)45(36(17)18)26-41(32(9)10)21-42(27-45)33(11)12/h19-22,24,26,28-36H,23,25,27H2,1-18H3. The molecule has 0 bridgehead atoms. The molecule has 0 N–H and O–H groups in total. The van der Waals surface area contributed by atoms with Gasteiger partial charge in [-0.1, -0.05) is 186 Å². The molecule has 46 heavy (non-hydrogen) atoms. The van der Waals surface area contributed by atoms with Gasteiger partial charge in [0.15, 0.2) is 0 Å². The van der Waals surface area contributed by atoms with Gasteiger partial charge < -0.3 is 0 Å². The second kappa shape index (κ2) is 14.8. The minimum absolute atomic E-state index is 0.0911. The number of allylic oxidation sites excluding steroid dienone is 12. The van der Waals surface area contributed by atoms with Gasteiger partial charge in [-0.25, -0.2) is 0 Å². The SMILES string of the molecule is CC(C)C1=CC(C(C)C)(P(C2(C(C)C)C=C(C(C)C)C=C(C(C)C)C2)C2(C(C)C)C=C(C(C)C)C=C(C(C)C)C2)CC(C(C)C)=C1. The molecule has 0 fully saturated rings. The van der Waals surface area contributed by atoms with E-state index in [1.54, 1.807) is 33.4 Å². The molecule has 3 aliphatic carbocycles. The summed E-state index contributed by atoms with van der Waals surface area (Å²) in [6.45, 7) is 44.9. The smallest absolute Gasteiger partial charge is 0.0166 e. The molecule has 0 aromatic rings. The van der Waals surface area contributed by atoms with Crippen LogP contribution in [0.3, 0.4) is 0 Å². The van der Waals surface area contributed by atoms with E-state index in [4.69, 9.17) is 0 Å². The number of rotatable bonds is 12. The maximum Gasteiger partial charge on any atom is 0.0166 e. The molecule has 0 amide bonds. The third kappa shape index (κ3) is 7.39. The average Bonchev–Trinajstić information content (AvgIpc) is 2.96. The summed E-state index contributed by atoms with van der Waals surface area (Å²) in [4.78, 5) is 0. The Kier molecular flexibility index (Phi) is 12.6. The quantitative estimate of drug-likeness (QED) is 0.185. The topological polar surface area (TPSA) is 0 Å². The van der Waals surface area contributed by atoms with Crippen LogP contribution < -0.4 is 0 Å². The van der Waals surface area contributed by atoms with E-state index in [1.165, 1.54) is 19.3 Å². The molecule has 0 saturated heterocycles. The van der Waals surface area contributed by atoms with Crippen molar-refractivity contribution in [2.75, 3.05) is 0 Å². The summed E-state index contributed by atoms with van der Waals surface area (Å²) in [6, 6.07) is 0. The highest BCUT2D eigenvalue weighted by molar-refractivity contribution is 7.63. The van der Waals surface area contributed by atoms with E-state index < -0.39 is 7.92 Å². The van der Waals surface area contributed by atoms with E-state index in [1.807, 2.05) is 0 Å². The van der Waals surface area contributed by atoms with Crippen LogP contribution in [0.4, 0.5) is 0 Å². The molecule has 3 atom stereocenters. The van der Waals surface area contributed by atoms with Crippen molar-refractivity contribution < 1.29 is 0 Å². The van der Waals surface area contributed by atoms with Crippen LogP contribution in [0.1, 0.15) is 144 Å². The van der Waals surface area contributed by atoms with Crippen molar-refractivity contribution in [2.24, 2.45) is 53.3 Å². The van der Waals surface area contributed by atoms with E-state index in [2.05, 4.69) is 161 Å². The van der Waals surface area contributed by atoms with E-state index in [-0.39, 0.29) is 15.5 Å². The first kappa shape index (κ1) is 39.3. The monoisotopic (exact) mass is 647 g/mol. The van der Waals surface area contributed by atoms with Crippen LogP contribution in [0.25, 0.3) is 0 Å². The third-order valence-corrected chi connectivity index (χ3v) is 17.1. The molecular formula is C45H75P. The molecule has 0 spiro atoms. The summed E-state index contributed by atoms with van der Waals surface area (Å²) in [6.07, 6.45) is 20.2. The summed E-state index contributed by atoms with van der Waals surface area (Å²) in [5, 5.41) is 0.273. The fourth-order valence-electron chi connectivity index (χ4n) is 8.51. The Morgan fingerprint density at radius 2 is 0.587 bits per heavy atom. The van der Waals surface area contributed by atoms with Crippen molar-refractivity contribution in [1.29, 1.82) is 0 Å². The fourth-order valence-corrected chi connectivity index (χ4v) is 14.2. The lowest BCUT2D eigenvalue weighted by Crippen LogP contribution is -2.54. The second-order valence-corrected chi connectivity index (χ2v) is 21.5. The molecule has 3 rings (SSSR count). The van der Waals surface area contributed by atoms with Crippen LogP contribution in [0, 0.1) is 53.3 Å². The highest BCUT2D eigenvalue weighted by Crippen LogP contribution is 2.80. The maximum absolute atomic E-state index is 2.90. The number of hydrogen-bond donors (Lipinski definition) is 0. The lowest BCUT2D eigenvalue weighted by Gasteiger charge is -2.64. The maximum atomic E-state index is 2.90. The van der Waals surface area contributed by atoms with Crippen LogP contribution in [0.5, 0.6) is 0 Å². The van der Waals surface area contributed by atoms with Gasteiger partial charge in [-0.3, -0.25) is 0 Å². The van der Waals surface area contributed by atoms with Crippen molar-refractivity contribution in [3.63, 3.8) is 0 Å². The molecular weight excluding hydrogens is 571 g/mol. The average molecular weight is 647 g/mol. The molecule has 0 radical (unpaired) electrons. The van der Waals surface area contributed by atoms with Crippen LogP contribution in [-0.2, 0) is 0 Å². The Labute approximate surface area is 289 Å². The third-order valence-electron chi connectivity index (χ3n) is 12.2. The molecule has 0 aromatic heterocycles. The van der Waals surface area contributed by atoms with Gasteiger partial charge in [0.25, 0.3) is 0 Å². The predicted octanol–water partition coefficient (Wildman–Crippen LogP) is 14.4. The van der Waals surface area contributed by atoms with Crippen molar-refractivity contribution in [3.05, 3.63) is 69.9 Å². The van der Waals surface area contributed by atoms with Gasteiger partial charge in [0.2, 0.25) is 0 Å². The van der Waals surface area contributed by atoms with Gasteiger partial charge in [0, 0.05) is 15.5 Å². The van der Waals surface area contributed by atoms with Gasteiger partial charge in [-0.2, -0.15) is 0 Å². The molecule has 0 saturated carbocycles. The Morgan fingerprint density at radius 1 is 0.370 bits per heavy atom. The first-order valence-electron chi connectivity index (χ1n) is 19.2. The first-order chi connectivity index (χ1) is 21.1. The Balaban J connectivity index is 2.67. The largest absolute Gasteiger partial charge is 0.0740 e. The summed E-state index contributed by atoms with van der Waals surface area (Å²) < 4.78 is 0. The molecule has 0 aromatic carbocycles. The van der Waals surface area contributed by atoms with Crippen molar-refractivity contribution >= 4 is 7.92 Å². The highest BCUT2D eigenvalue weighted by Gasteiger charge is 2.62. The second-order valence-electron chi connectivity index (χ2n) is 18.3. The van der Waals surface area contributed by atoms with Gasteiger partial charge in [-0.15, -0.1) is 0 Å². The molecule has 1 heteroatoms. The van der Waals surface area contributed by atoms with Gasteiger partial charge >= 0.3 is 0 Å². The van der Waals surface area contributed by atoms with Crippen LogP contribution in [0.2, 0.25) is 0 Å². The highest BCUT2D eigenvalue weighted by atomic mass is 31.1. The normalized spacial score (nSPS) is 28.5. The van der Waals surface area contributed by atoms with Crippen LogP contribution in [-0.4, -0.2) is 15.5 Å². The molecule has 3 unspecified atom stereocenters. The molecule has 0 heterocycles. The molecule has 0 aliphatic heterocycles. The fraction of sp³-hybridized carbons (Fsp3) is 0.733. The van der Waals surface area contributed by atoms with E-state index in [9.17, 15) is 0 Å². The molecule has 260 valence electrons. The Hall–Kier alpha value is -1.13. The van der Waals surface area contributed by atoms with Gasteiger partial charge in [0.1, 0.15) is 0 Å². The zero-order valence-electron chi connectivity index (χ0n) is 33.7. The Bertz CT molecular complexity index is 1110. The van der Waals surface area contributed by atoms with Crippen LogP contribution >= 0.6 is 7.92 Å². The Morgan fingerprint density at radius 3 is 0.739 bits per heavy atom. The zero-order valence-corrected chi connectivity index (χ0v) is 34.6. The molecule has 3 aliphatic rings. The summed E-state index contributed by atoms with van der Waals surface area (Å²) in [7, 11) is -0.646. The minimum atomic E-state index is -0.646.